The molecule has 0 aromatic carbocycles. The number of rotatable bonds is 9. The van der Waals surface area contributed by atoms with Gasteiger partial charge in [0.2, 0.25) is 0 Å². The highest BCUT2D eigenvalue weighted by molar-refractivity contribution is 4.76. The Morgan fingerprint density at radius 2 is 1.50 bits per heavy atom. The molecule has 0 spiro atoms. The second kappa shape index (κ2) is 8.28. The van der Waals surface area contributed by atoms with Crippen molar-refractivity contribution in [3.8, 4) is 0 Å². The van der Waals surface area contributed by atoms with Crippen LogP contribution in [0.1, 0.15) is 72.6 Å². The summed E-state index contributed by atoms with van der Waals surface area (Å²) in [7, 11) is 0. The molecule has 0 heterocycles. The molecular formula is C13H29N. The molecule has 1 heteroatoms. The van der Waals surface area contributed by atoms with Gasteiger partial charge in [-0.15, -0.1) is 0 Å². The Hall–Kier alpha value is -0.0400. The van der Waals surface area contributed by atoms with Gasteiger partial charge in [0.1, 0.15) is 0 Å². The minimum absolute atomic E-state index is 0.347. The van der Waals surface area contributed by atoms with Crippen molar-refractivity contribution in [3.05, 3.63) is 0 Å². The summed E-state index contributed by atoms with van der Waals surface area (Å²) < 4.78 is 0. The maximum Gasteiger partial charge on any atom is 0.0125 e. The van der Waals surface area contributed by atoms with Gasteiger partial charge >= 0.3 is 0 Å². The van der Waals surface area contributed by atoms with Crippen LogP contribution in [0, 0.1) is 0 Å². The van der Waals surface area contributed by atoms with Gasteiger partial charge in [-0.2, -0.15) is 0 Å². The van der Waals surface area contributed by atoms with Gasteiger partial charge in [0, 0.05) is 5.54 Å². The van der Waals surface area contributed by atoms with Gasteiger partial charge in [-0.3, -0.25) is 0 Å². The average molecular weight is 199 g/mol. The summed E-state index contributed by atoms with van der Waals surface area (Å²) in [4.78, 5) is 0. The van der Waals surface area contributed by atoms with Crippen molar-refractivity contribution in [2.45, 2.75) is 78.2 Å². The van der Waals surface area contributed by atoms with Crippen molar-refractivity contribution in [3.63, 3.8) is 0 Å². The third kappa shape index (κ3) is 8.55. The van der Waals surface area contributed by atoms with E-state index >= 15 is 0 Å². The molecule has 0 radical (unpaired) electrons. The molecule has 0 amide bonds. The highest BCUT2D eigenvalue weighted by Crippen LogP contribution is 2.11. The van der Waals surface area contributed by atoms with E-state index in [1.54, 1.807) is 0 Å². The Bertz CT molecular complexity index is 118. The van der Waals surface area contributed by atoms with E-state index in [9.17, 15) is 0 Å². The molecular weight excluding hydrogens is 170 g/mol. The summed E-state index contributed by atoms with van der Waals surface area (Å²) in [6, 6.07) is 0. The van der Waals surface area contributed by atoms with Crippen LogP contribution in [-0.2, 0) is 0 Å². The number of nitrogens with one attached hydrogen (secondary N) is 1. The quantitative estimate of drug-likeness (QED) is 0.551. The predicted molar refractivity (Wildman–Crippen MR) is 65.7 cm³/mol. The van der Waals surface area contributed by atoms with Crippen molar-refractivity contribution in [2.75, 3.05) is 6.54 Å². The molecule has 1 nitrogen and oxygen atoms in total. The Labute approximate surface area is 90.7 Å². The summed E-state index contributed by atoms with van der Waals surface area (Å²) in [5.74, 6) is 0. The predicted octanol–water partition coefficient (Wildman–Crippen LogP) is 4.13. The number of hydrogen-bond acceptors (Lipinski definition) is 1. The number of hydrogen-bond donors (Lipinski definition) is 1. The molecule has 0 unspecified atom stereocenters. The maximum absolute atomic E-state index is 3.64. The van der Waals surface area contributed by atoms with E-state index in [4.69, 9.17) is 0 Å². The van der Waals surface area contributed by atoms with Crippen LogP contribution >= 0.6 is 0 Å². The van der Waals surface area contributed by atoms with Gasteiger partial charge in [0.25, 0.3) is 0 Å². The van der Waals surface area contributed by atoms with Crippen LogP contribution in [0.15, 0.2) is 0 Å². The highest BCUT2D eigenvalue weighted by atomic mass is 14.9. The first kappa shape index (κ1) is 14.0. The fourth-order valence-corrected chi connectivity index (χ4v) is 1.87. The van der Waals surface area contributed by atoms with E-state index in [1.165, 1.54) is 51.5 Å². The molecule has 0 aromatic heterocycles. The average Bonchev–Trinajstić information content (AvgIpc) is 2.11. The lowest BCUT2D eigenvalue weighted by Gasteiger charge is -2.25. The van der Waals surface area contributed by atoms with Crippen molar-refractivity contribution in [1.29, 1.82) is 0 Å². The first-order valence-corrected chi connectivity index (χ1v) is 6.37. The zero-order valence-corrected chi connectivity index (χ0v) is 10.7. The molecule has 14 heavy (non-hydrogen) atoms. The van der Waals surface area contributed by atoms with Crippen LogP contribution in [0.25, 0.3) is 0 Å². The highest BCUT2D eigenvalue weighted by Gasteiger charge is 2.13. The Morgan fingerprint density at radius 3 is 2.07 bits per heavy atom. The molecule has 0 aromatic rings. The fourth-order valence-electron chi connectivity index (χ4n) is 1.87. The fraction of sp³-hybridized carbons (Fsp3) is 1.00. The molecule has 86 valence electrons. The van der Waals surface area contributed by atoms with Crippen molar-refractivity contribution < 1.29 is 0 Å². The van der Waals surface area contributed by atoms with E-state index in [2.05, 4.69) is 33.0 Å². The normalized spacial score (nSPS) is 12.0. The molecule has 0 atom stereocenters. The summed E-state index contributed by atoms with van der Waals surface area (Å²) in [5.41, 5.74) is 0.347. The molecule has 0 aliphatic carbocycles. The summed E-state index contributed by atoms with van der Waals surface area (Å²) >= 11 is 0. The van der Waals surface area contributed by atoms with Crippen LogP contribution < -0.4 is 5.32 Å². The monoisotopic (exact) mass is 199 g/mol. The second-order valence-corrected chi connectivity index (χ2v) is 4.97. The zero-order valence-electron chi connectivity index (χ0n) is 10.7. The first-order valence-electron chi connectivity index (χ1n) is 6.37. The third-order valence-electron chi connectivity index (χ3n) is 2.76. The molecule has 0 aliphatic rings. The van der Waals surface area contributed by atoms with Gasteiger partial charge in [0.05, 0.1) is 0 Å². The van der Waals surface area contributed by atoms with E-state index in [1.807, 2.05) is 0 Å². The van der Waals surface area contributed by atoms with Crippen LogP contribution in [0.2, 0.25) is 0 Å². The standard InChI is InChI=1S/C13H29N/c1-5-7-8-9-10-12-14-13(3,4)11-6-2/h14H,5-12H2,1-4H3. The van der Waals surface area contributed by atoms with Crippen LogP contribution in [0.4, 0.5) is 0 Å². The molecule has 1 N–H and O–H groups in total. The van der Waals surface area contributed by atoms with E-state index < -0.39 is 0 Å². The maximum atomic E-state index is 3.64. The molecule has 0 rings (SSSR count). The smallest absolute Gasteiger partial charge is 0.0125 e. The topological polar surface area (TPSA) is 12.0 Å². The minimum atomic E-state index is 0.347. The summed E-state index contributed by atoms with van der Waals surface area (Å²) in [6.07, 6.45) is 9.44. The Balaban J connectivity index is 3.26. The van der Waals surface area contributed by atoms with Crippen molar-refractivity contribution in [1.82, 2.24) is 5.32 Å². The van der Waals surface area contributed by atoms with Crippen molar-refractivity contribution in [2.24, 2.45) is 0 Å². The van der Waals surface area contributed by atoms with Gasteiger partial charge < -0.3 is 5.32 Å². The van der Waals surface area contributed by atoms with Crippen LogP contribution in [0.3, 0.4) is 0 Å². The van der Waals surface area contributed by atoms with Crippen molar-refractivity contribution >= 4 is 0 Å². The first-order chi connectivity index (χ1) is 6.62. The van der Waals surface area contributed by atoms with Gasteiger partial charge in [-0.1, -0.05) is 46.0 Å². The SMILES string of the molecule is CCCCCCCNC(C)(C)CCC. The minimum Gasteiger partial charge on any atom is -0.312 e. The second-order valence-electron chi connectivity index (χ2n) is 4.97. The summed E-state index contributed by atoms with van der Waals surface area (Å²) in [6.45, 7) is 10.3. The molecule has 0 fully saturated rings. The zero-order chi connectivity index (χ0) is 10.9. The van der Waals surface area contributed by atoms with Crippen LogP contribution in [0.5, 0.6) is 0 Å². The van der Waals surface area contributed by atoms with E-state index in [-0.39, 0.29) is 0 Å². The Kier molecular flexibility index (Phi) is 8.26. The lowest BCUT2D eigenvalue weighted by Crippen LogP contribution is -2.39. The lowest BCUT2D eigenvalue weighted by molar-refractivity contribution is 0.354. The third-order valence-corrected chi connectivity index (χ3v) is 2.76. The number of unbranched alkanes of at least 4 members (excludes halogenated alkanes) is 4. The van der Waals surface area contributed by atoms with Gasteiger partial charge in [0.15, 0.2) is 0 Å². The largest absolute Gasteiger partial charge is 0.312 e. The molecule has 0 saturated carbocycles. The van der Waals surface area contributed by atoms with Gasteiger partial charge in [-0.05, 0) is 33.2 Å². The van der Waals surface area contributed by atoms with E-state index in [0.29, 0.717) is 5.54 Å². The van der Waals surface area contributed by atoms with E-state index in [0.717, 1.165) is 0 Å². The van der Waals surface area contributed by atoms with Gasteiger partial charge in [-0.25, -0.2) is 0 Å². The molecule has 0 aliphatic heterocycles. The molecule has 0 saturated heterocycles. The summed E-state index contributed by atoms with van der Waals surface area (Å²) in [5, 5.41) is 3.64. The Morgan fingerprint density at radius 1 is 0.857 bits per heavy atom. The van der Waals surface area contributed by atoms with Crippen LogP contribution in [-0.4, -0.2) is 12.1 Å². The molecule has 0 bridgehead atoms. The lowest BCUT2D eigenvalue weighted by atomic mass is 9.99.